The van der Waals surface area contributed by atoms with Crippen LogP contribution in [0.15, 0.2) is 146 Å². The molecule has 0 fully saturated rings. The van der Waals surface area contributed by atoms with Gasteiger partial charge < -0.3 is 0 Å². The highest BCUT2D eigenvalue weighted by Crippen LogP contribution is 2.25. The average molecular weight is 457 g/mol. The molecule has 0 heterocycles. The van der Waals surface area contributed by atoms with E-state index < -0.39 is 0 Å². The van der Waals surface area contributed by atoms with Gasteiger partial charge in [0.25, 0.3) is 0 Å². The Hall–Kier alpha value is -4.68. The van der Waals surface area contributed by atoms with Crippen LogP contribution in [0.5, 0.6) is 0 Å². The van der Waals surface area contributed by atoms with Gasteiger partial charge in [-0.05, 0) is 76.1 Å². The van der Waals surface area contributed by atoms with Gasteiger partial charge in [-0.1, -0.05) is 133 Å². The first-order valence-electron chi connectivity index (χ1n) is 12.5. The van der Waals surface area contributed by atoms with E-state index in [-0.39, 0.29) is 0 Å². The van der Waals surface area contributed by atoms with Crippen molar-refractivity contribution in [2.45, 2.75) is 0 Å². The van der Waals surface area contributed by atoms with E-state index in [1.54, 1.807) is 0 Å². The molecule has 0 atom stereocenters. The molecule has 36 heavy (non-hydrogen) atoms. The first-order chi connectivity index (χ1) is 17.9. The molecule has 0 aromatic heterocycles. The average Bonchev–Trinajstić information content (AvgIpc) is 2.97. The molecule has 0 saturated heterocycles. The van der Waals surface area contributed by atoms with Crippen LogP contribution in [0, 0.1) is 41.7 Å². The number of rotatable bonds is 2. The van der Waals surface area contributed by atoms with Crippen molar-refractivity contribution >= 4 is 0 Å². The molecule has 0 saturated carbocycles. The summed E-state index contributed by atoms with van der Waals surface area (Å²) in [5, 5.41) is 9.98. The van der Waals surface area contributed by atoms with Crippen molar-refractivity contribution in [1.29, 1.82) is 0 Å². The summed E-state index contributed by atoms with van der Waals surface area (Å²) in [7, 11) is 0. The molecule has 6 aromatic carbocycles. The zero-order valence-electron chi connectivity index (χ0n) is 19.9. The molecule has 4 bridgehead atoms. The van der Waals surface area contributed by atoms with Crippen molar-refractivity contribution < 1.29 is 0 Å². The van der Waals surface area contributed by atoms with Gasteiger partial charge in [0, 0.05) is 0 Å². The molecular weight excluding hydrogens is 432 g/mol. The fourth-order valence-electron chi connectivity index (χ4n) is 5.55. The largest absolute Gasteiger partial charge is 0.0622 e. The fraction of sp³-hybridized carbons (Fsp3) is 0. The maximum absolute atomic E-state index is 2.37. The SMILES string of the molecule is c1ccc(-c2c/c3cc/c2=c2/cccc/c2=c2/cc/c(c(-c4ccccc4)c2)=c2/cccc/c2=3)cc1. The van der Waals surface area contributed by atoms with Crippen molar-refractivity contribution in [3.05, 3.63) is 187 Å². The van der Waals surface area contributed by atoms with Crippen molar-refractivity contribution in [3.63, 3.8) is 0 Å². The summed E-state index contributed by atoms with van der Waals surface area (Å²) in [6.07, 6.45) is 0. The third-order valence-electron chi connectivity index (χ3n) is 7.27. The van der Waals surface area contributed by atoms with Crippen LogP contribution in [0.2, 0.25) is 0 Å². The Morgan fingerprint density at radius 1 is 0.250 bits per heavy atom. The summed E-state index contributed by atoms with van der Waals surface area (Å²) in [6.45, 7) is 0. The van der Waals surface area contributed by atoms with Gasteiger partial charge in [0.05, 0.1) is 0 Å². The van der Waals surface area contributed by atoms with E-state index in [2.05, 4.69) is 146 Å². The fourth-order valence-corrected chi connectivity index (χ4v) is 5.55. The van der Waals surface area contributed by atoms with E-state index in [1.807, 2.05) is 0 Å². The molecule has 6 aromatic rings. The van der Waals surface area contributed by atoms with Crippen LogP contribution in [0.25, 0.3) is 22.3 Å². The van der Waals surface area contributed by atoms with Gasteiger partial charge in [-0.15, -0.1) is 0 Å². The second-order valence-corrected chi connectivity index (χ2v) is 9.34. The Bertz CT molecular complexity index is 1970. The molecular formula is C36H24. The Labute approximate surface area is 209 Å². The predicted molar refractivity (Wildman–Crippen MR) is 147 cm³/mol. The monoisotopic (exact) mass is 456 g/mol. The lowest BCUT2D eigenvalue weighted by molar-refractivity contribution is 1.34. The van der Waals surface area contributed by atoms with Gasteiger partial charge in [-0.25, -0.2) is 0 Å². The summed E-state index contributed by atoms with van der Waals surface area (Å²) in [5.41, 5.74) is 4.98. The highest BCUT2D eigenvalue weighted by molar-refractivity contribution is 5.66. The summed E-state index contributed by atoms with van der Waals surface area (Å²) < 4.78 is 0. The molecule has 0 spiro atoms. The smallest absolute Gasteiger partial charge is 0.00987 e. The van der Waals surface area contributed by atoms with Crippen LogP contribution >= 0.6 is 0 Å². The maximum atomic E-state index is 2.37. The van der Waals surface area contributed by atoms with Gasteiger partial charge in [0.1, 0.15) is 0 Å². The third kappa shape index (κ3) is 3.39. The molecule has 0 radical (unpaired) electrons. The number of hydrogen-bond acceptors (Lipinski definition) is 0. The zero-order valence-corrected chi connectivity index (χ0v) is 19.9. The van der Waals surface area contributed by atoms with Crippen LogP contribution < -0.4 is 0 Å². The summed E-state index contributed by atoms with van der Waals surface area (Å²) >= 11 is 0. The first kappa shape index (κ1) is 20.7. The predicted octanol–water partition coefficient (Wildman–Crippen LogP) is 8.48. The summed E-state index contributed by atoms with van der Waals surface area (Å²) in [6, 6.07) is 53.0. The Morgan fingerprint density at radius 3 is 1.03 bits per heavy atom. The van der Waals surface area contributed by atoms with Gasteiger partial charge in [0.2, 0.25) is 0 Å². The van der Waals surface area contributed by atoms with Gasteiger partial charge >= 0.3 is 0 Å². The molecule has 0 nitrogen and oxygen atoms in total. The van der Waals surface area contributed by atoms with Crippen LogP contribution in [-0.2, 0) is 0 Å². The lowest BCUT2D eigenvalue weighted by Gasteiger charge is -2.08. The molecule has 168 valence electrons. The minimum atomic E-state index is 1.23. The second kappa shape index (κ2) is 8.52. The highest BCUT2D eigenvalue weighted by atomic mass is 14.1. The Kier molecular flexibility index (Phi) is 4.89. The zero-order chi connectivity index (χ0) is 23.9. The number of benzene rings is 6. The topological polar surface area (TPSA) is 0 Å². The van der Waals surface area contributed by atoms with E-state index in [0.717, 1.165) is 0 Å². The van der Waals surface area contributed by atoms with Crippen molar-refractivity contribution in [2.75, 3.05) is 0 Å². The summed E-state index contributed by atoms with van der Waals surface area (Å²) in [4.78, 5) is 0. The van der Waals surface area contributed by atoms with E-state index >= 15 is 0 Å². The van der Waals surface area contributed by atoms with E-state index in [0.29, 0.717) is 0 Å². The van der Waals surface area contributed by atoms with E-state index in [1.165, 1.54) is 64.0 Å². The minimum Gasteiger partial charge on any atom is -0.0622 e. The Morgan fingerprint density at radius 2 is 0.611 bits per heavy atom. The van der Waals surface area contributed by atoms with Crippen LogP contribution in [0.4, 0.5) is 0 Å². The molecule has 0 amide bonds. The van der Waals surface area contributed by atoms with Crippen LogP contribution in [-0.4, -0.2) is 0 Å². The summed E-state index contributed by atoms with van der Waals surface area (Å²) in [5.74, 6) is 0. The molecule has 0 aliphatic heterocycles. The molecule has 0 heteroatoms. The maximum Gasteiger partial charge on any atom is -0.00987 e. The lowest BCUT2D eigenvalue weighted by Crippen LogP contribution is -1.90. The number of hydrogen-bond donors (Lipinski definition) is 0. The van der Waals surface area contributed by atoms with Crippen molar-refractivity contribution in [3.8, 4) is 22.3 Å². The standard InChI is InChI=1S/C36H24/c1-3-11-25(12-4-1)35-23-27-19-21-33(35)31-17-9-7-16-30(31)28-20-22-34(32-18-10-8-15-29(27)32)36(24-28)26-13-5-2-6-14-26/h1-24H/b29-27+,30-28+,33-31+,34-32+. The van der Waals surface area contributed by atoms with Crippen LogP contribution in [0.1, 0.15) is 0 Å². The van der Waals surface area contributed by atoms with Crippen molar-refractivity contribution in [2.24, 2.45) is 0 Å². The molecule has 10 rings (SSSR count). The molecule has 4 aliphatic carbocycles. The molecule has 4 aliphatic rings. The second-order valence-electron chi connectivity index (χ2n) is 9.34. The van der Waals surface area contributed by atoms with E-state index in [9.17, 15) is 0 Å². The van der Waals surface area contributed by atoms with Gasteiger partial charge in [0.15, 0.2) is 0 Å². The normalized spacial score (nSPS) is 15.3. The quantitative estimate of drug-likeness (QED) is 0.245. The highest BCUT2D eigenvalue weighted by Gasteiger charge is 2.06. The minimum absolute atomic E-state index is 1.23. The van der Waals surface area contributed by atoms with Gasteiger partial charge in [-0.2, -0.15) is 0 Å². The molecule has 0 N–H and O–H groups in total. The Balaban J connectivity index is 1.88. The first-order valence-corrected chi connectivity index (χ1v) is 12.5. The lowest BCUT2D eigenvalue weighted by atomic mass is 9.96. The molecule has 0 unspecified atom stereocenters. The van der Waals surface area contributed by atoms with Gasteiger partial charge in [-0.3, -0.25) is 0 Å². The third-order valence-corrected chi connectivity index (χ3v) is 7.27. The van der Waals surface area contributed by atoms with E-state index in [4.69, 9.17) is 0 Å². The van der Waals surface area contributed by atoms with Crippen molar-refractivity contribution in [1.82, 2.24) is 0 Å². The van der Waals surface area contributed by atoms with Crippen LogP contribution in [0.3, 0.4) is 0 Å².